The Morgan fingerprint density at radius 3 is 2.80 bits per heavy atom. The number of hydrogen-bond acceptors (Lipinski definition) is 9. The Labute approximate surface area is 206 Å². The van der Waals surface area contributed by atoms with Crippen LogP contribution < -0.4 is 19.7 Å². The summed E-state index contributed by atoms with van der Waals surface area (Å²) in [6.45, 7) is 3.87. The Balaban J connectivity index is 1.47. The van der Waals surface area contributed by atoms with Gasteiger partial charge < -0.3 is 14.8 Å². The maximum Gasteiger partial charge on any atom is 0.321 e. The molecule has 0 spiro atoms. The van der Waals surface area contributed by atoms with E-state index in [2.05, 4.69) is 25.6 Å². The monoisotopic (exact) mass is 518 g/mol. The van der Waals surface area contributed by atoms with Crippen molar-refractivity contribution in [3.05, 3.63) is 24.5 Å². The molecule has 1 aromatic carbocycles. The molecule has 2 saturated heterocycles. The topological polar surface area (TPSA) is 136 Å². The van der Waals surface area contributed by atoms with Gasteiger partial charge in [0.25, 0.3) is 0 Å². The van der Waals surface area contributed by atoms with E-state index >= 15 is 0 Å². The highest BCUT2D eigenvalue weighted by atomic mass is 32.2. The Morgan fingerprint density at radius 1 is 1.29 bits per heavy atom. The van der Waals surface area contributed by atoms with E-state index in [1.165, 1.54) is 15.6 Å². The zero-order valence-corrected chi connectivity index (χ0v) is 20.8. The zero-order valence-electron chi connectivity index (χ0n) is 19.2. The minimum Gasteiger partial charge on any atom is -0.490 e. The summed E-state index contributed by atoms with van der Waals surface area (Å²) in [5, 5.41) is 5.90. The minimum absolute atomic E-state index is 0.0361. The van der Waals surface area contributed by atoms with Crippen molar-refractivity contribution in [2.24, 2.45) is 0 Å². The summed E-state index contributed by atoms with van der Waals surface area (Å²) in [6.07, 6.45) is 5.74. The summed E-state index contributed by atoms with van der Waals surface area (Å²) in [5.74, 6) is 0.884. The van der Waals surface area contributed by atoms with Crippen LogP contribution in [0.3, 0.4) is 0 Å². The predicted molar refractivity (Wildman–Crippen MR) is 134 cm³/mol. The van der Waals surface area contributed by atoms with Gasteiger partial charge in [0.05, 0.1) is 22.1 Å². The molecule has 2 aliphatic heterocycles. The number of aromatic nitrogens is 3. The van der Waals surface area contributed by atoms with Crippen molar-refractivity contribution >= 4 is 48.7 Å². The van der Waals surface area contributed by atoms with Gasteiger partial charge in [0.1, 0.15) is 12.4 Å². The third kappa shape index (κ3) is 5.16. The first-order valence-corrected chi connectivity index (χ1v) is 13.9. The number of ether oxygens (including phenoxy) is 2. The fourth-order valence-corrected chi connectivity index (χ4v) is 6.40. The average Bonchev–Trinajstić information content (AvgIpc) is 3.56. The predicted octanol–water partition coefficient (Wildman–Crippen LogP) is 2.99. The highest BCUT2D eigenvalue weighted by molar-refractivity contribution is 7.93. The zero-order chi connectivity index (χ0) is 24.4. The third-order valence-electron chi connectivity index (χ3n) is 5.77. The Hall–Kier alpha value is -3.03. The van der Waals surface area contributed by atoms with Crippen LogP contribution in [0.4, 0.5) is 15.9 Å². The van der Waals surface area contributed by atoms with Crippen LogP contribution in [0.5, 0.6) is 5.75 Å². The molecule has 35 heavy (non-hydrogen) atoms. The Kier molecular flexibility index (Phi) is 6.71. The van der Waals surface area contributed by atoms with E-state index in [4.69, 9.17) is 9.47 Å². The summed E-state index contributed by atoms with van der Waals surface area (Å²) in [4.78, 5) is 25.1. The SMILES string of the molecule is CCNC(=O)Nc1nc2cc(-c3cnc(N4CCCS4(=O)=O)nc3)c(OCC3CCCO3)cc2s1. The van der Waals surface area contributed by atoms with Crippen LogP contribution in [-0.2, 0) is 14.8 Å². The lowest BCUT2D eigenvalue weighted by atomic mass is 10.1. The molecular formula is C22H26N6O5S2. The number of anilines is 2. The highest BCUT2D eigenvalue weighted by Gasteiger charge is 2.30. The van der Waals surface area contributed by atoms with Gasteiger partial charge in [-0.3, -0.25) is 5.32 Å². The molecule has 0 aliphatic carbocycles. The third-order valence-corrected chi connectivity index (χ3v) is 8.52. The first kappa shape index (κ1) is 23.7. The number of rotatable bonds is 7. The second-order valence-electron chi connectivity index (χ2n) is 8.28. The second-order valence-corrected chi connectivity index (χ2v) is 11.3. The van der Waals surface area contributed by atoms with Crippen molar-refractivity contribution < 1.29 is 22.7 Å². The fraction of sp³-hybridized carbons (Fsp3) is 0.455. The largest absolute Gasteiger partial charge is 0.490 e. The molecule has 0 saturated carbocycles. The van der Waals surface area contributed by atoms with Crippen LogP contribution in [0.15, 0.2) is 24.5 Å². The number of carbonyl (C=O) groups excluding carboxylic acids is 1. The second kappa shape index (κ2) is 9.91. The molecule has 4 heterocycles. The molecule has 1 unspecified atom stereocenters. The van der Waals surface area contributed by atoms with Gasteiger partial charge in [0, 0.05) is 49.3 Å². The van der Waals surface area contributed by atoms with E-state index in [1.54, 1.807) is 12.4 Å². The number of fused-ring (bicyclic) bond motifs is 1. The quantitative estimate of drug-likeness (QED) is 0.487. The van der Waals surface area contributed by atoms with Gasteiger partial charge in [-0.25, -0.2) is 32.5 Å². The van der Waals surface area contributed by atoms with Crippen molar-refractivity contribution in [3.8, 4) is 16.9 Å². The van der Waals surface area contributed by atoms with Gasteiger partial charge in [-0.1, -0.05) is 11.3 Å². The highest BCUT2D eigenvalue weighted by Crippen LogP contribution is 2.38. The maximum atomic E-state index is 12.2. The first-order valence-electron chi connectivity index (χ1n) is 11.5. The van der Waals surface area contributed by atoms with Crippen LogP contribution in [0.1, 0.15) is 26.2 Å². The number of sulfonamides is 1. The summed E-state index contributed by atoms with van der Waals surface area (Å²) in [5.41, 5.74) is 2.08. The van der Waals surface area contributed by atoms with Gasteiger partial charge in [0.2, 0.25) is 16.0 Å². The molecule has 11 nitrogen and oxygen atoms in total. The van der Waals surface area contributed by atoms with E-state index in [0.29, 0.717) is 48.1 Å². The molecule has 2 aliphatic rings. The number of amides is 2. The molecule has 0 bridgehead atoms. The summed E-state index contributed by atoms with van der Waals surface area (Å²) in [7, 11) is -3.36. The van der Waals surface area contributed by atoms with Crippen molar-refractivity contribution in [2.75, 3.05) is 41.7 Å². The Bertz CT molecular complexity index is 1320. The van der Waals surface area contributed by atoms with Gasteiger partial charge >= 0.3 is 6.03 Å². The molecule has 2 amide bonds. The van der Waals surface area contributed by atoms with Gasteiger partial charge in [-0.05, 0) is 32.3 Å². The molecule has 2 N–H and O–H groups in total. The van der Waals surface area contributed by atoms with Crippen LogP contribution in [0.2, 0.25) is 0 Å². The van der Waals surface area contributed by atoms with Gasteiger partial charge in [-0.2, -0.15) is 0 Å². The van der Waals surface area contributed by atoms with E-state index < -0.39 is 10.0 Å². The molecule has 2 aromatic heterocycles. The lowest BCUT2D eigenvalue weighted by Crippen LogP contribution is -2.28. The van der Waals surface area contributed by atoms with E-state index in [1.807, 2.05) is 19.1 Å². The normalized spacial score (nSPS) is 19.2. The van der Waals surface area contributed by atoms with Crippen molar-refractivity contribution in [2.45, 2.75) is 32.3 Å². The summed E-state index contributed by atoms with van der Waals surface area (Å²) < 4.78 is 38.4. The molecular weight excluding hydrogens is 492 g/mol. The van der Waals surface area contributed by atoms with E-state index in [-0.39, 0.29) is 23.8 Å². The number of urea groups is 1. The maximum absolute atomic E-state index is 12.2. The van der Waals surface area contributed by atoms with Gasteiger partial charge in [-0.15, -0.1) is 0 Å². The van der Waals surface area contributed by atoms with Crippen LogP contribution in [0, 0.1) is 0 Å². The lowest BCUT2D eigenvalue weighted by molar-refractivity contribution is 0.0682. The van der Waals surface area contributed by atoms with Crippen LogP contribution in [-0.4, -0.2) is 67.6 Å². The number of carbonyl (C=O) groups is 1. The molecule has 1 atom stereocenters. The first-order chi connectivity index (χ1) is 16.9. The number of hydrogen-bond donors (Lipinski definition) is 2. The lowest BCUT2D eigenvalue weighted by Gasteiger charge is -2.16. The van der Waals surface area contributed by atoms with Crippen molar-refractivity contribution in [1.29, 1.82) is 0 Å². The molecule has 0 radical (unpaired) electrons. The van der Waals surface area contributed by atoms with Crippen molar-refractivity contribution in [3.63, 3.8) is 0 Å². The minimum atomic E-state index is -3.36. The molecule has 3 aromatic rings. The molecule has 5 rings (SSSR count). The van der Waals surface area contributed by atoms with Crippen molar-refractivity contribution in [1.82, 2.24) is 20.3 Å². The summed E-state index contributed by atoms with van der Waals surface area (Å²) >= 11 is 1.35. The molecule has 13 heteroatoms. The Morgan fingerprint density at radius 2 is 2.11 bits per heavy atom. The fourth-order valence-electron chi connectivity index (χ4n) is 4.07. The molecule has 186 valence electrons. The number of thiazole rings is 1. The number of benzene rings is 1. The summed E-state index contributed by atoms with van der Waals surface area (Å²) in [6, 6.07) is 3.44. The van der Waals surface area contributed by atoms with Gasteiger partial charge in [0.15, 0.2) is 5.13 Å². The number of nitrogens with zero attached hydrogens (tertiary/aromatic N) is 4. The van der Waals surface area contributed by atoms with E-state index in [0.717, 1.165) is 29.7 Å². The average molecular weight is 519 g/mol. The smallest absolute Gasteiger partial charge is 0.321 e. The van der Waals surface area contributed by atoms with E-state index in [9.17, 15) is 13.2 Å². The van der Waals surface area contributed by atoms with Crippen LogP contribution >= 0.6 is 11.3 Å². The van der Waals surface area contributed by atoms with Crippen LogP contribution in [0.25, 0.3) is 21.3 Å². The molecule has 2 fully saturated rings. The number of nitrogens with one attached hydrogen (secondary N) is 2. The standard InChI is InChI=1S/C22H26N6O5S2/c1-2-23-21(29)27-22-26-17-9-16(18(10-19(17)34-22)33-13-15-5-3-7-32-15)14-11-24-20(25-12-14)28-6-4-8-35(28,30)31/h9-12,15H,2-8,13H2,1H3,(H2,23,26,27,29).